The van der Waals surface area contributed by atoms with Crippen molar-refractivity contribution in [3.63, 3.8) is 0 Å². The summed E-state index contributed by atoms with van der Waals surface area (Å²) >= 11 is 6.46. The van der Waals surface area contributed by atoms with Crippen LogP contribution in [0.1, 0.15) is 88.3 Å². The first kappa shape index (κ1) is 39.1. The Balaban J connectivity index is 1.30. The number of guanidine groups is 1. The van der Waals surface area contributed by atoms with Crippen LogP contribution in [0.25, 0.3) is 16.9 Å². The van der Waals surface area contributed by atoms with Crippen LogP contribution in [-0.2, 0) is 15.1 Å². The number of halogens is 7. The molecule has 2 atom stereocenters. The maximum absolute atomic E-state index is 16.1. The second kappa shape index (κ2) is 14.1. The SMILES string of the molecule is C/N=C1\N[C@](CC(C)(C)C)(c2ccc(-c3cn(C4CC4)nn3)c(F)c2)C(=O)N1[C@H](COC(=O)NC1(C(F)(F)F)CC1)c1ccc(Cl)c(-n2ncnc2C(F)F)c1. The molecule has 3 heterocycles. The van der Waals surface area contributed by atoms with Crippen molar-refractivity contribution in [1.82, 2.24) is 45.3 Å². The van der Waals surface area contributed by atoms with Crippen LogP contribution in [0.3, 0.4) is 0 Å². The molecule has 56 heavy (non-hydrogen) atoms. The van der Waals surface area contributed by atoms with Crippen molar-refractivity contribution in [2.75, 3.05) is 13.7 Å². The van der Waals surface area contributed by atoms with Gasteiger partial charge in [-0.2, -0.15) is 18.3 Å². The lowest BCUT2D eigenvalue weighted by Gasteiger charge is -2.35. The third kappa shape index (κ3) is 7.28. The van der Waals surface area contributed by atoms with E-state index in [9.17, 15) is 26.7 Å². The quantitative estimate of drug-likeness (QED) is 0.152. The molecule has 1 saturated heterocycles. The number of hydrogen-bond acceptors (Lipinski definition) is 8. The normalized spacial score (nSPS) is 20.8. The van der Waals surface area contributed by atoms with E-state index in [0.717, 1.165) is 28.8 Å². The summed E-state index contributed by atoms with van der Waals surface area (Å²) in [6.07, 6.45) is -5.34. The van der Waals surface area contributed by atoms with E-state index in [4.69, 9.17) is 16.3 Å². The third-order valence-electron chi connectivity index (χ3n) is 9.98. The van der Waals surface area contributed by atoms with Crippen LogP contribution in [0, 0.1) is 11.2 Å². The molecular formula is C36H37ClF6N10O3. The fraction of sp³-hybridized carbons (Fsp3) is 0.472. The highest BCUT2D eigenvalue weighted by atomic mass is 35.5. The highest BCUT2D eigenvalue weighted by molar-refractivity contribution is 6.32. The first-order valence-corrected chi connectivity index (χ1v) is 18.0. The number of ether oxygens (including phenoxy) is 1. The molecule has 0 bridgehead atoms. The van der Waals surface area contributed by atoms with Crippen molar-refractivity contribution in [2.45, 2.75) is 88.6 Å². The predicted molar refractivity (Wildman–Crippen MR) is 189 cm³/mol. The Morgan fingerprint density at radius 3 is 2.48 bits per heavy atom. The van der Waals surface area contributed by atoms with Gasteiger partial charge >= 0.3 is 12.3 Å². The van der Waals surface area contributed by atoms with Gasteiger partial charge in [0.05, 0.1) is 29.0 Å². The fourth-order valence-corrected chi connectivity index (χ4v) is 7.17. The highest BCUT2D eigenvalue weighted by Gasteiger charge is 2.65. The molecule has 1 aliphatic heterocycles. The number of nitrogens with one attached hydrogen (secondary N) is 2. The van der Waals surface area contributed by atoms with Crippen LogP contribution in [0.15, 0.2) is 53.9 Å². The standard InChI is InChI=1S/C36H37ClF6N10O3/c1-33(2,3)17-35(20-6-9-22(24(38)14-20)25-15-51(50-49-25)21-7-8-21)30(54)52(31(44-4)47-35)27(16-56-32(55)48-34(11-12-34)36(41,42)43)19-5-10-23(37)26(13-19)53-29(28(39)40)45-18-46-53/h5-6,9-10,13-15,18,21,27-28H,7-8,11-12,16-17H2,1-4H3,(H,44,47)(H,48,55)/t27-,35-/m1/s1. The largest absolute Gasteiger partial charge is 0.447 e. The number of aliphatic imine (C=N–C) groups is 1. The molecule has 4 aromatic rings. The molecule has 0 radical (unpaired) electrons. The Bertz CT molecular complexity index is 2190. The minimum absolute atomic E-state index is 0.0375. The Kier molecular flexibility index (Phi) is 9.81. The number of carbonyl (C=O) groups excluding carboxylic acids is 2. The molecule has 2 saturated carbocycles. The van der Waals surface area contributed by atoms with E-state index in [1.54, 1.807) is 16.9 Å². The molecule has 0 unspecified atom stereocenters. The zero-order chi connectivity index (χ0) is 40.4. The second-order valence-corrected chi connectivity index (χ2v) is 15.8. The van der Waals surface area contributed by atoms with Gasteiger partial charge in [0.2, 0.25) is 5.96 Å². The summed E-state index contributed by atoms with van der Waals surface area (Å²) in [5, 5.41) is 17.2. The molecule has 2 aromatic heterocycles. The lowest BCUT2D eigenvalue weighted by molar-refractivity contribution is -0.164. The van der Waals surface area contributed by atoms with Gasteiger partial charge < -0.3 is 15.4 Å². The van der Waals surface area contributed by atoms with Crippen LogP contribution in [0.2, 0.25) is 5.02 Å². The van der Waals surface area contributed by atoms with Crippen LogP contribution in [0.5, 0.6) is 0 Å². The second-order valence-electron chi connectivity index (χ2n) is 15.4. The summed E-state index contributed by atoms with van der Waals surface area (Å²) in [7, 11) is 1.38. The number of carbonyl (C=O) groups is 2. The summed E-state index contributed by atoms with van der Waals surface area (Å²) in [5.41, 5.74) is -3.96. The number of nitrogens with zero attached hydrogens (tertiary/aromatic N) is 8. The Morgan fingerprint density at radius 2 is 1.88 bits per heavy atom. The van der Waals surface area contributed by atoms with Gasteiger partial charge in [0.15, 0.2) is 5.82 Å². The van der Waals surface area contributed by atoms with Gasteiger partial charge in [-0.25, -0.2) is 32.3 Å². The maximum Gasteiger partial charge on any atom is 0.411 e. The van der Waals surface area contributed by atoms with Crippen LogP contribution in [-0.4, -0.2) is 78.0 Å². The number of hydrogen-bond donors (Lipinski definition) is 2. The average molecular weight is 807 g/mol. The van der Waals surface area contributed by atoms with E-state index in [-0.39, 0.29) is 58.7 Å². The van der Waals surface area contributed by atoms with E-state index in [1.165, 1.54) is 37.4 Å². The number of benzene rings is 2. The van der Waals surface area contributed by atoms with Crippen molar-refractivity contribution in [3.8, 4) is 16.9 Å². The van der Waals surface area contributed by atoms with Gasteiger partial charge in [-0.3, -0.25) is 14.7 Å². The lowest BCUT2D eigenvalue weighted by atomic mass is 9.75. The summed E-state index contributed by atoms with van der Waals surface area (Å²) < 4.78 is 93.0. The van der Waals surface area contributed by atoms with Crippen molar-refractivity contribution >= 4 is 29.6 Å². The van der Waals surface area contributed by atoms with E-state index < -0.39 is 65.4 Å². The van der Waals surface area contributed by atoms with Crippen LogP contribution < -0.4 is 10.6 Å². The average Bonchev–Trinajstić information content (AvgIpc) is 3.99. The topological polar surface area (TPSA) is 144 Å². The Hall–Kier alpha value is -5.20. The molecule has 298 valence electrons. The summed E-state index contributed by atoms with van der Waals surface area (Å²) in [4.78, 5) is 37.2. The fourth-order valence-electron chi connectivity index (χ4n) is 6.97. The Morgan fingerprint density at radius 1 is 1.14 bits per heavy atom. The molecule has 3 fully saturated rings. The van der Waals surface area contributed by atoms with Crippen molar-refractivity contribution in [1.29, 1.82) is 0 Å². The minimum Gasteiger partial charge on any atom is -0.447 e. The summed E-state index contributed by atoms with van der Waals surface area (Å²) in [5.74, 6) is -2.14. The van der Waals surface area contributed by atoms with Crippen molar-refractivity contribution < 1.29 is 40.7 Å². The van der Waals surface area contributed by atoms with Gasteiger partial charge in [-0.1, -0.05) is 49.7 Å². The van der Waals surface area contributed by atoms with Gasteiger partial charge in [0, 0.05) is 12.6 Å². The number of aromatic nitrogens is 6. The Labute approximate surface area is 321 Å². The highest BCUT2D eigenvalue weighted by Crippen LogP contribution is 2.49. The molecule has 2 N–H and O–H groups in total. The van der Waals surface area contributed by atoms with Gasteiger partial charge in [0.1, 0.15) is 35.5 Å². The smallest absolute Gasteiger partial charge is 0.411 e. The number of alkyl carbamates (subject to hydrolysis) is 1. The molecule has 3 aliphatic rings. The summed E-state index contributed by atoms with van der Waals surface area (Å²) in [6.45, 7) is 4.89. The molecular weight excluding hydrogens is 770 g/mol. The van der Waals surface area contributed by atoms with Crippen molar-refractivity contribution in [3.05, 3.63) is 76.7 Å². The van der Waals surface area contributed by atoms with E-state index in [2.05, 4.69) is 30.7 Å². The zero-order valence-corrected chi connectivity index (χ0v) is 31.3. The van der Waals surface area contributed by atoms with Crippen molar-refractivity contribution in [2.24, 2.45) is 10.4 Å². The van der Waals surface area contributed by atoms with Gasteiger partial charge in [-0.15, -0.1) is 5.10 Å². The predicted octanol–water partition coefficient (Wildman–Crippen LogP) is 7.20. The third-order valence-corrected chi connectivity index (χ3v) is 10.3. The monoisotopic (exact) mass is 806 g/mol. The molecule has 13 nitrogen and oxygen atoms in total. The van der Waals surface area contributed by atoms with Gasteiger partial charge in [0.25, 0.3) is 12.3 Å². The molecule has 2 aromatic carbocycles. The molecule has 2 aliphatic carbocycles. The first-order valence-electron chi connectivity index (χ1n) is 17.7. The van der Waals surface area contributed by atoms with Crippen LogP contribution >= 0.6 is 11.6 Å². The first-order chi connectivity index (χ1) is 26.4. The maximum atomic E-state index is 16.1. The van der Waals surface area contributed by atoms with Gasteiger partial charge in [-0.05, 0) is 72.9 Å². The molecule has 7 rings (SSSR count). The van der Waals surface area contributed by atoms with E-state index >= 15 is 9.18 Å². The van der Waals surface area contributed by atoms with E-state index in [1.807, 2.05) is 26.1 Å². The van der Waals surface area contributed by atoms with E-state index in [0.29, 0.717) is 5.69 Å². The lowest BCUT2D eigenvalue weighted by Crippen LogP contribution is -2.49. The number of alkyl halides is 5. The minimum atomic E-state index is -4.74. The molecule has 20 heteroatoms. The van der Waals surface area contributed by atoms with Crippen LogP contribution in [0.4, 0.5) is 31.1 Å². The number of amides is 2. The molecule has 2 amide bonds. The summed E-state index contributed by atoms with van der Waals surface area (Å²) in [6, 6.07) is 7.27. The molecule has 0 spiro atoms. The number of rotatable bonds is 11. The zero-order valence-electron chi connectivity index (χ0n) is 30.5.